The van der Waals surface area contributed by atoms with E-state index in [-0.39, 0.29) is 70.9 Å². The average molecular weight is 695 g/mol. The second kappa shape index (κ2) is 11.7. The molecular formula is C32H26ClF3N8O5. The quantitative estimate of drug-likeness (QED) is 0.247. The number of aromatic hydroxyl groups is 1. The molecule has 0 radical (unpaired) electrons. The summed E-state index contributed by atoms with van der Waals surface area (Å²) < 4.78 is 41.9. The second-order valence-electron chi connectivity index (χ2n) is 11.9. The lowest BCUT2D eigenvalue weighted by molar-refractivity contribution is -0.137. The number of alkyl halides is 3. The Morgan fingerprint density at radius 1 is 1.10 bits per heavy atom. The number of pyridine rings is 2. The number of hydrogen-bond donors (Lipinski definition) is 3. The first-order valence-corrected chi connectivity index (χ1v) is 15.4. The summed E-state index contributed by atoms with van der Waals surface area (Å²) in [5.74, 6) is -1.38. The van der Waals surface area contributed by atoms with E-state index in [1.54, 1.807) is 25.3 Å². The van der Waals surface area contributed by atoms with Gasteiger partial charge in [0.15, 0.2) is 11.5 Å². The number of carbonyl (C=O) groups excluding carboxylic acids is 2. The van der Waals surface area contributed by atoms with Gasteiger partial charge in [0.05, 0.1) is 27.5 Å². The van der Waals surface area contributed by atoms with Crippen LogP contribution in [0.4, 0.5) is 18.9 Å². The molecule has 5 aromatic rings. The van der Waals surface area contributed by atoms with Crippen LogP contribution in [-0.4, -0.2) is 69.1 Å². The Morgan fingerprint density at radius 3 is 2.53 bits per heavy atom. The number of benzene rings is 1. The van der Waals surface area contributed by atoms with Gasteiger partial charge in [-0.15, -0.1) is 5.10 Å². The van der Waals surface area contributed by atoms with Gasteiger partial charge in [-0.2, -0.15) is 22.7 Å². The Morgan fingerprint density at radius 2 is 1.86 bits per heavy atom. The summed E-state index contributed by atoms with van der Waals surface area (Å²) in [4.78, 5) is 54.8. The first kappa shape index (κ1) is 32.2. The molecule has 5 heterocycles. The number of aliphatic hydroxyl groups is 1. The van der Waals surface area contributed by atoms with Crippen molar-refractivity contribution in [2.75, 3.05) is 18.4 Å². The van der Waals surface area contributed by atoms with Gasteiger partial charge in [0, 0.05) is 42.2 Å². The van der Waals surface area contributed by atoms with E-state index in [0.717, 1.165) is 16.6 Å². The van der Waals surface area contributed by atoms with Gasteiger partial charge in [0.1, 0.15) is 18.4 Å². The maximum atomic E-state index is 14.1. The number of halogens is 4. The number of aliphatic hydroxyl groups excluding tert-OH is 1. The summed E-state index contributed by atoms with van der Waals surface area (Å²) in [5, 5.41) is 28.5. The smallest absolute Gasteiger partial charge is 0.416 e. The van der Waals surface area contributed by atoms with Gasteiger partial charge >= 0.3 is 6.18 Å². The highest BCUT2D eigenvalue weighted by molar-refractivity contribution is 6.33. The number of rotatable bonds is 5. The van der Waals surface area contributed by atoms with Gasteiger partial charge in [-0.05, 0) is 62.2 Å². The molecule has 0 saturated carbocycles. The van der Waals surface area contributed by atoms with Gasteiger partial charge in [-0.25, -0.2) is 4.98 Å². The standard InChI is InChI=1S/C32H26ClF3N8O5/c1-16-13-17(6-10-37-16)27-40-30-43(15-22(46)39-20-5-4-18(14-19(20)33)32(34,35)36)25-23(28(48)44(30)41-27)31(26(25)47)7-11-42(12-8-31)29(49)24-21(45)3-2-9-38-24/h2-6,9-10,13-14,26,45,47H,7-8,11-12,15H2,1H3,(H,39,46). The van der Waals surface area contributed by atoms with Crippen LogP contribution in [0.3, 0.4) is 0 Å². The number of nitrogens with zero attached hydrogens (tertiary/aromatic N) is 7. The summed E-state index contributed by atoms with van der Waals surface area (Å²) in [7, 11) is 0. The lowest BCUT2D eigenvalue weighted by Crippen LogP contribution is -2.58. The molecule has 49 heavy (non-hydrogen) atoms. The van der Waals surface area contributed by atoms with Gasteiger partial charge in [0.2, 0.25) is 11.7 Å². The van der Waals surface area contributed by atoms with E-state index in [0.29, 0.717) is 17.3 Å². The summed E-state index contributed by atoms with van der Waals surface area (Å²) in [6.07, 6.45) is -2.58. The Labute approximate surface area is 279 Å². The highest BCUT2D eigenvalue weighted by Crippen LogP contribution is 2.54. The number of fused-ring (bicyclic) bond motifs is 3. The van der Waals surface area contributed by atoms with Crippen molar-refractivity contribution < 1.29 is 33.0 Å². The normalized spacial score (nSPS) is 16.8. The number of piperidine rings is 1. The molecule has 2 amide bonds. The molecule has 1 unspecified atom stereocenters. The summed E-state index contributed by atoms with van der Waals surface area (Å²) in [5.41, 5.74) is -1.25. The van der Waals surface area contributed by atoms with Gasteiger partial charge in [-0.3, -0.25) is 19.4 Å². The van der Waals surface area contributed by atoms with Crippen LogP contribution in [0.15, 0.2) is 59.7 Å². The van der Waals surface area contributed by atoms with Crippen LogP contribution in [0.25, 0.3) is 17.2 Å². The average Bonchev–Trinajstić information content (AvgIpc) is 3.52. The van der Waals surface area contributed by atoms with E-state index in [1.807, 2.05) is 0 Å². The molecule has 7 rings (SSSR count). The fraction of sp³-hybridized carbons (Fsp3) is 0.281. The van der Waals surface area contributed by atoms with E-state index in [4.69, 9.17) is 11.6 Å². The van der Waals surface area contributed by atoms with Crippen LogP contribution in [0.5, 0.6) is 5.75 Å². The molecule has 3 N–H and O–H groups in total. The van der Waals surface area contributed by atoms with E-state index in [2.05, 4.69) is 25.4 Å². The number of likely N-dealkylation sites (tertiary alicyclic amines) is 1. The third-order valence-corrected chi connectivity index (χ3v) is 9.34. The second-order valence-corrected chi connectivity index (χ2v) is 12.4. The van der Waals surface area contributed by atoms with Crippen LogP contribution >= 0.6 is 11.6 Å². The molecule has 17 heteroatoms. The summed E-state index contributed by atoms with van der Waals surface area (Å²) in [6, 6.07) is 8.73. The largest absolute Gasteiger partial charge is 0.505 e. The zero-order chi connectivity index (χ0) is 34.8. The van der Waals surface area contributed by atoms with Crippen molar-refractivity contribution in [2.24, 2.45) is 0 Å². The van der Waals surface area contributed by atoms with Crippen molar-refractivity contribution >= 4 is 34.9 Å². The Bertz CT molecular complexity index is 2230. The van der Waals surface area contributed by atoms with Crippen molar-refractivity contribution in [1.82, 2.24) is 34.0 Å². The van der Waals surface area contributed by atoms with E-state index in [1.165, 1.54) is 27.8 Å². The molecule has 2 aliphatic rings. The predicted molar refractivity (Wildman–Crippen MR) is 168 cm³/mol. The molecule has 1 atom stereocenters. The first-order chi connectivity index (χ1) is 23.3. The van der Waals surface area contributed by atoms with E-state index in [9.17, 15) is 37.8 Å². The van der Waals surface area contributed by atoms with Gasteiger partial charge in [0.25, 0.3) is 11.5 Å². The third kappa shape index (κ3) is 5.36. The maximum Gasteiger partial charge on any atom is 0.416 e. The maximum absolute atomic E-state index is 14.1. The summed E-state index contributed by atoms with van der Waals surface area (Å²) in [6.45, 7) is 1.53. The molecule has 1 fully saturated rings. The monoisotopic (exact) mass is 694 g/mol. The number of hydrogen-bond acceptors (Lipinski definition) is 9. The van der Waals surface area contributed by atoms with Crippen LogP contribution in [0.1, 0.15) is 51.9 Å². The van der Waals surface area contributed by atoms with Crippen LogP contribution in [0.2, 0.25) is 5.02 Å². The summed E-state index contributed by atoms with van der Waals surface area (Å²) >= 11 is 6.07. The molecule has 4 aromatic heterocycles. The minimum Gasteiger partial charge on any atom is -0.505 e. The topological polar surface area (TPSA) is 168 Å². The minimum absolute atomic E-state index is 0.0472. The van der Waals surface area contributed by atoms with E-state index >= 15 is 0 Å². The van der Waals surface area contributed by atoms with Crippen molar-refractivity contribution in [3.05, 3.63) is 98.4 Å². The highest BCUT2D eigenvalue weighted by atomic mass is 35.5. The molecule has 1 spiro atoms. The third-order valence-electron chi connectivity index (χ3n) is 9.02. The van der Waals surface area contributed by atoms with Crippen molar-refractivity contribution in [3.63, 3.8) is 0 Å². The molecule has 252 valence electrons. The fourth-order valence-corrected chi connectivity index (χ4v) is 6.81. The van der Waals surface area contributed by atoms with Crippen molar-refractivity contribution in [1.29, 1.82) is 0 Å². The number of anilines is 1. The Balaban J connectivity index is 1.26. The van der Waals surface area contributed by atoms with Crippen molar-refractivity contribution in [3.8, 4) is 17.1 Å². The Hall–Kier alpha value is -5.35. The number of aromatic nitrogens is 6. The van der Waals surface area contributed by atoms with Crippen LogP contribution < -0.4 is 10.9 Å². The Kier molecular flexibility index (Phi) is 7.67. The number of amides is 2. The number of nitrogens with one attached hydrogen (secondary N) is 1. The number of carbonyl (C=O) groups is 2. The zero-order valence-electron chi connectivity index (χ0n) is 25.6. The number of aryl methyl sites for hydroxylation is 1. The van der Waals surface area contributed by atoms with Crippen LogP contribution in [0, 0.1) is 6.92 Å². The lowest BCUT2D eigenvalue weighted by atomic mass is 9.59. The minimum atomic E-state index is -4.63. The van der Waals surface area contributed by atoms with Gasteiger partial charge in [-0.1, -0.05) is 11.6 Å². The fourth-order valence-electron chi connectivity index (χ4n) is 6.58. The molecule has 1 aliphatic carbocycles. The first-order valence-electron chi connectivity index (χ1n) is 15.0. The molecule has 0 bridgehead atoms. The molecule has 1 aliphatic heterocycles. The molecular weight excluding hydrogens is 669 g/mol. The molecule has 1 saturated heterocycles. The predicted octanol–water partition coefficient (Wildman–Crippen LogP) is 3.89. The highest BCUT2D eigenvalue weighted by Gasteiger charge is 2.57. The van der Waals surface area contributed by atoms with Crippen molar-refractivity contribution in [2.45, 2.75) is 44.0 Å². The SMILES string of the molecule is Cc1cc(-c2nc3n(CC(=O)Nc4ccc(C(F)(F)F)cc4Cl)c4c(c(=O)n3n2)C2(CCN(C(=O)c3ncccc3O)CC2)C4O)ccn1. The van der Waals surface area contributed by atoms with E-state index < -0.39 is 47.2 Å². The lowest BCUT2D eigenvalue weighted by Gasteiger charge is -2.52. The zero-order valence-corrected chi connectivity index (χ0v) is 26.3. The molecule has 1 aromatic carbocycles. The van der Waals surface area contributed by atoms with Crippen LogP contribution in [-0.2, 0) is 22.9 Å². The van der Waals surface area contributed by atoms with Gasteiger partial charge < -0.3 is 25.0 Å². The molecule has 13 nitrogen and oxygen atoms in total.